The third-order valence-corrected chi connectivity index (χ3v) is 4.10. The van der Waals surface area contributed by atoms with E-state index in [0.717, 1.165) is 35.5 Å². The minimum absolute atomic E-state index is 0.384. The van der Waals surface area contributed by atoms with Crippen molar-refractivity contribution in [1.29, 1.82) is 0 Å². The summed E-state index contributed by atoms with van der Waals surface area (Å²) in [5.74, 6) is 6.69. The molecule has 102 valence electrons. The molecule has 0 aliphatic heterocycles. The van der Waals surface area contributed by atoms with Gasteiger partial charge in [-0.05, 0) is 31.2 Å². The molecule has 0 unspecified atom stereocenters. The molecule has 0 spiro atoms. The molecule has 2 aromatic heterocycles. The molecule has 7 heteroatoms. The number of hydrogen-bond donors (Lipinski definition) is 3. The van der Waals surface area contributed by atoms with Gasteiger partial charge in [0.2, 0.25) is 5.95 Å². The fourth-order valence-corrected chi connectivity index (χ4v) is 3.04. The lowest BCUT2D eigenvalue weighted by atomic mass is 9.89. The van der Waals surface area contributed by atoms with Crippen molar-refractivity contribution >= 4 is 33.3 Å². The van der Waals surface area contributed by atoms with Gasteiger partial charge in [-0.3, -0.25) is 5.43 Å². The zero-order valence-electron chi connectivity index (χ0n) is 10.7. The Morgan fingerprint density at radius 1 is 1.47 bits per heavy atom. The first-order chi connectivity index (χ1) is 9.30. The van der Waals surface area contributed by atoms with E-state index in [4.69, 9.17) is 10.6 Å². The maximum atomic E-state index is 5.56. The van der Waals surface area contributed by atoms with Gasteiger partial charge in [-0.25, -0.2) is 10.8 Å². The van der Waals surface area contributed by atoms with Crippen molar-refractivity contribution in [3.05, 3.63) is 11.4 Å². The van der Waals surface area contributed by atoms with E-state index in [2.05, 4.69) is 20.7 Å². The van der Waals surface area contributed by atoms with E-state index in [1.54, 1.807) is 11.3 Å². The molecule has 0 aromatic carbocycles. The minimum atomic E-state index is 0.384. The van der Waals surface area contributed by atoms with Crippen molar-refractivity contribution in [2.24, 2.45) is 5.84 Å². The van der Waals surface area contributed by atoms with Crippen LogP contribution in [0.25, 0.3) is 10.2 Å². The average Bonchev–Trinajstić information content (AvgIpc) is 2.84. The van der Waals surface area contributed by atoms with Crippen molar-refractivity contribution in [3.63, 3.8) is 0 Å². The first kappa shape index (κ1) is 12.6. The van der Waals surface area contributed by atoms with Crippen LogP contribution in [-0.2, 0) is 4.74 Å². The van der Waals surface area contributed by atoms with Crippen LogP contribution in [-0.4, -0.2) is 28.7 Å². The van der Waals surface area contributed by atoms with Gasteiger partial charge in [-0.15, -0.1) is 11.3 Å². The van der Waals surface area contributed by atoms with Gasteiger partial charge < -0.3 is 10.1 Å². The fourth-order valence-electron chi connectivity index (χ4n) is 2.28. The van der Waals surface area contributed by atoms with Gasteiger partial charge >= 0.3 is 0 Å². The smallest absolute Gasteiger partial charge is 0.240 e. The van der Waals surface area contributed by atoms with Crippen LogP contribution in [0, 0.1) is 0 Å². The van der Waals surface area contributed by atoms with Crippen LogP contribution in [0.15, 0.2) is 11.4 Å². The van der Waals surface area contributed by atoms with Gasteiger partial charge in [-0.1, -0.05) is 0 Å². The first-order valence-corrected chi connectivity index (χ1v) is 7.28. The molecular formula is C12H17N5OS. The monoisotopic (exact) mass is 279 g/mol. The second kappa shape index (κ2) is 5.28. The fraction of sp³-hybridized carbons (Fsp3) is 0.500. The Morgan fingerprint density at radius 3 is 3.05 bits per heavy atom. The zero-order chi connectivity index (χ0) is 13.2. The molecule has 1 aliphatic rings. The molecule has 19 heavy (non-hydrogen) atoms. The maximum absolute atomic E-state index is 5.56. The van der Waals surface area contributed by atoms with Crippen LogP contribution in [0.5, 0.6) is 0 Å². The molecule has 3 rings (SSSR count). The van der Waals surface area contributed by atoms with Crippen LogP contribution in [0.3, 0.4) is 0 Å². The van der Waals surface area contributed by atoms with Crippen LogP contribution < -0.4 is 16.6 Å². The molecule has 1 aliphatic carbocycles. The number of ether oxygens (including phenoxy) is 1. The highest BCUT2D eigenvalue weighted by atomic mass is 32.1. The number of nitrogens with one attached hydrogen (secondary N) is 2. The van der Waals surface area contributed by atoms with E-state index in [0.29, 0.717) is 18.1 Å². The van der Waals surface area contributed by atoms with Crippen molar-refractivity contribution < 1.29 is 4.74 Å². The maximum Gasteiger partial charge on any atom is 0.240 e. The van der Waals surface area contributed by atoms with E-state index < -0.39 is 0 Å². The lowest BCUT2D eigenvalue weighted by molar-refractivity contribution is 0.00295. The highest BCUT2D eigenvalue weighted by Crippen LogP contribution is 2.31. The Bertz CT molecular complexity index is 566. The van der Waals surface area contributed by atoms with Crippen molar-refractivity contribution in [3.8, 4) is 0 Å². The number of fused-ring (bicyclic) bond motifs is 1. The third kappa shape index (κ3) is 2.49. The van der Waals surface area contributed by atoms with E-state index in [1.807, 2.05) is 18.4 Å². The molecule has 0 atom stereocenters. The molecule has 4 N–H and O–H groups in total. The Kier molecular flexibility index (Phi) is 3.50. The summed E-state index contributed by atoms with van der Waals surface area (Å²) in [6, 6.07) is 2.45. The summed E-state index contributed by atoms with van der Waals surface area (Å²) in [5.41, 5.74) is 2.51. The second-order valence-corrected chi connectivity index (χ2v) is 5.46. The van der Waals surface area contributed by atoms with Crippen LogP contribution >= 0.6 is 11.3 Å². The molecule has 0 saturated heterocycles. The summed E-state index contributed by atoms with van der Waals surface area (Å²) in [6.07, 6.45) is 2.43. The van der Waals surface area contributed by atoms with Crippen LogP contribution in [0.4, 0.5) is 11.8 Å². The Hall–Kier alpha value is -1.44. The molecule has 2 aromatic rings. The molecule has 0 radical (unpaired) electrons. The summed E-state index contributed by atoms with van der Waals surface area (Å²) >= 11 is 1.58. The molecule has 6 nitrogen and oxygen atoms in total. The van der Waals surface area contributed by atoms with Gasteiger partial charge in [0.05, 0.1) is 11.5 Å². The minimum Gasteiger partial charge on any atom is -0.378 e. The number of nitrogens with two attached hydrogens (primary N) is 1. The number of nitrogen functional groups attached to an aromatic ring is 1. The Labute approximate surface area is 115 Å². The number of nitrogens with zero attached hydrogens (tertiary/aromatic N) is 2. The zero-order valence-corrected chi connectivity index (χ0v) is 11.5. The van der Waals surface area contributed by atoms with E-state index in [-0.39, 0.29) is 0 Å². The van der Waals surface area contributed by atoms with E-state index in [1.165, 1.54) is 0 Å². The normalized spacial score (nSPS) is 22.2. The lowest BCUT2D eigenvalue weighted by Crippen LogP contribution is -2.41. The van der Waals surface area contributed by atoms with Gasteiger partial charge in [0.25, 0.3) is 0 Å². The quantitative estimate of drug-likeness (QED) is 0.573. The Balaban J connectivity index is 1.75. The molecule has 1 saturated carbocycles. The van der Waals surface area contributed by atoms with Gasteiger partial charge in [0.15, 0.2) is 0 Å². The predicted octanol–water partition coefficient (Wildman–Crippen LogP) is 1.96. The largest absolute Gasteiger partial charge is 0.378 e. The molecular weight excluding hydrogens is 262 g/mol. The summed E-state index contributed by atoms with van der Waals surface area (Å²) in [4.78, 5) is 9.64. The topological polar surface area (TPSA) is 85.1 Å². The Morgan fingerprint density at radius 2 is 2.32 bits per heavy atom. The molecule has 0 amide bonds. The van der Waals surface area contributed by atoms with Crippen LogP contribution in [0.1, 0.15) is 19.8 Å². The lowest BCUT2D eigenvalue weighted by Gasteiger charge is -2.35. The number of rotatable bonds is 5. The van der Waals surface area contributed by atoms with E-state index >= 15 is 0 Å². The highest BCUT2D eigenvalue weighted by molar-refractivity contribution is 7.16. The van der Waals surface area contributed by atoms with Gasteiger partial charge in [0.1, 0.15) is 10.6 Å². The summed E-state index contributed by atoms with van der Waals surface area (Å²) < 4.78 is 5.56. The molecule has 1 fully saturated rings. The van der Waals surface area contributed by atoms with Crippen molar-refractivity contribution in [2.75, 3.05) is 17.3 Å². The number of aromatic nitrogens is 2. The number of hydrogen-bond acceptors (Lipinski definition) is 7. The highest BCUT2D eigenvalue weighted by Gasteiger charge is 2.30. The second-order valence-electron chi connectivity index (χ2n) is 4.57. The molecule has 0 bridgehead atoms. The SMILES string of the molecule is CCOC1CC(Nc2nc(NN)nc3sccc23)C1. The number of anilines is 2. The van der Waals surface area contributed by atoms with Crippen molar-refractivity contribution in [2.45, 2.75) is 31.9 Å². The van der Waals surface area contributed by atoms with E-state index in [9.17, 15) is 0 Å². The first-order valence-electron chi connectivity index (χ1n) is 6.40. The predicted molar refractivity (Wildman–Crippen MR) is 77.3 cm³/mol. The van der Waals surface area contributed by atoms with Crippen molar-refractivity contribution in [1.82, 2.24) is 9.97 Å². The summed E-state index contributed by atoms with van der Waals surface area (Å²) in [7, 11) is 0. The van der Waals surface area contributed by atoms with Gasteiger partial charge in [0, 0.05) is 12.6 Å². The standard InChI is InChI=1S/C12H17N5OS/c1-2-18-8-5-7(6-8)14-10-9-3-4-19-11(9)16-12(15-10)17-13/h3-4,7-8H,2,5-6,13H2,1H3,(H2,14,15,16,17). The summed E-state index contributed by atoms with van der Waals surface area (Å²) in [6.45, 7) is 2.81. The molecule has 2 heterocycles. The average molecular weight is 279 g/mol. The van der Waals surface area contributed by atoms with Gasteiger partial charge in [-0.2, -0.15) is 4.98 Å². The third-order valence-electron chi connectivity index (χ3n) is 3.29. The summed E-state index contributed by atoms with van der Waals surface area (Å²) in [5, 5.41) is 6.50. The number of hydrazine groups is 1. The van der Waals surface area contributed by atoms with Crippen LogP contribution in [0.2, 0.25) is 0 Å². The number of thiophene rings is 1.